The summed E-state index contributed by atoms with van der Waals surface area (Å²) in [4.78, 5) is 13.7. The van der Waals surface area contributed by atoms with Crippen LogP contribution in [-0.4, -0.2) is 66.9 Å². The molecule has 0 amide bonds. The lowest BCUT2D eigenvalue weighted by molar-refractivity contribution is 0.262. The fourth-order valence-electron chi connectivity index (χ4n) is 4.10. The maximum Gasteiger partial charge on any atom is 0.242 e. The first-order valence-electron chi connectivity index (χ1n) is 11.4. The van der Waals surface area contributed by atoms with Crippen molar-refractivity contribution in [3.05, 3.63) is 77.2 Å². The van der Waals surface area contributed by atoms with E-state index in [-0.39, 0.29) is 4.90 Å². The molecule has 5 rings (SSSR count). The van der Waals surface area contributed by atoms with Crippen LogP contribution in [0.25, 0.3) is 10.9 Å². The van der Waals surface area contributed by atoms with Crippen LogP contribution in [0, 0.1) is 0 Å². The van der Waals surface area contributed by atoms with Crippen LogP contribution in [0.3, 0.4) is 0 Å². The third kappa shape index (κ3) is 5.79. The second-order valence-corrected chi connectivity index (χ2v) is 11.3. The number of hydrogen-bond acceptors (Lipinski definition) is 8. The average molecular weight is 529 g/mol. The number of benzene rings is 2. The van der Waals surface area contributed by atoms with Crippen molar-refractivity contribution < 1.29 is 8.42 Å². The fourth-order valence-corrected chi connectivity index (χ4v) is 6.16. The number of rotatable bonds is 8. The van der Waals surface area contributed by atoms with Gasteiger partial charge in [-0.25, -0.2) is 18.1 Å². The Hall–Kier alpha value is -2.63. The van der Waals surface area contributed by atoms with E-state index in [0.717, 1.165) is 53.1 Å². The number of halogens is 1. The van der Waals surface area contributed by atoms with Gasteiger partial charge in [0.2, 0.25) is 15.2 Å². The summed E-state index contributed by atoms with van der Waals surface area (Å²) in [7, 11) is -3.64. The molecular formula is C24H25ClN6O2S2. The van der Waals surface area contributed by atoms with E-state index >= 15 is 0 Å². The van der Waals surface area contributed by atoms with Crippen LogP contribution in [0.1, 0.15) is 11.4 Å². The van der Waals surface area contributed by atoms with Gasteiger partial charge in [-0.1, -0.05) is 41.9 Å². The molecule has 0 atom stereocenters. The summed E-state index contributed by atoms with van der Waals surface area (Å²) in [5.74, 6) is 0.812. The molecule has 1 fully saturated rings. The number of piperazine rings is 1. The maximum atomic E-state index is 12.9. The number of sulfonamides is 1. The van der Waals surface area contributed by atoms with E-state index in [1.54, 1.807) is 24.4 Å². The van der Waals surface area contributed by atoms with Crippen molar-refractivity contribution in [3.63, 3.8) is 0 Å². The first-order valence-corrected chi connectivity index (χ1v) is 14.0. The predicted molar refractivity (Wildman–Crippen MR) is 140 cm³/mol. The topological polar surface area (TPSA) is 91.3 Å². The number of fused-ring (bicyclic) bond motifs is 1. The van der Waals surface area contributed by atoms with Gasteiger partial charge in [-0.15, -0.1) is 0 Å². The molecule has 1 saturated heterocycles. The van der Waals surface area contributed by atoms with E-state index in [0.29, 0.717) is 25.0 Å². The number of nitrogens with zero attached hydrogens (tertiary/aromatic N) is 5. The predicted octanol–water partition coefficient (Wildman–Crippen LogP) is 3.43. The van der Waals surface area contributed by atoms with E-state index in [2.05, 4.69) is 23.9 Å². The van der Waals surface area contributed by atoms with Crippen molar-refractivity contribution in [1.82, 2.24) is 24.0 Å². The Bertz CT molecular complexity index is 1400. The average Bonchev–Trinajstić information content (AvgIpc) is 3.34. The van der Waals surface area contributed by atoms with Gasteiger partial charge in [-0.2, -0.15) is 4.37 Å². The van der Waals surface area contributed by atoms with Gasteiger partial charge in [-0.05, 0) is 29.8 Å². The Morgan fingerprint density at radius 1 is 1.00 bits per heavy atom. The summed E-state index contributed by atoms with van der Waals surface area (Å²) in [6.07, 6.45) is 2.29. The number of para-hydroxylation sites is 1. The van der Waals surface area contributed by atoms with Crippen molar-refractivity contribution in [2.75, 3.05) is 44.2 Å². The van der Waals surface area contributed by atoms with Crippen LogP contribution < -0.4 is 9.62 Å². The quantitative estimate of drug-likeness (QED) is 0.374. The van der Waals surface area contributed by atoms with E-state index in [1.807, 2.05) is 36.4 Å². The Morgan fingerprint density at radius 2 is 1.77 bits per heavy atom. The van der Waals surface area contributed by atoms with Crippen LogP contribution >= 0.6 is 23.1 Å². The molecular weight excluding hydrogens is 504 g/mol. The Kier molecular flexibility index (Phi) is 7.26. The minimum atomic E-state index is -3.64. The molecule has 8 nitrogen and oxygen atoms in total. The summed E-state index contributed by atoms with van der Waals surface area (Å²) in [6, 6.07) is 16.6. The molecule has 1 N–H and O–H groups in total. The first kappa shape index (κ1) is 24.1. The number of aromatic nitrogens is 3. The van der Waals surface area contributed by atoms with Gasteiger partial charge < -0.3 is 4.90 Å². The molecule has 1 aliphatic heterocycles. The highest BCUT2D eigenvalue weighted by Gasteiger charge is 2.22. The molecule has 0 bridgehead atoms. The largest absolute Gasteiger partial charge is 0.344 e. The number of anilines is 1. The molecule has 2 aromatic carbocycles. The van der Waals surface area contributed by atoms with Crippen molar-refractivity contribution in [2.45, 2.75) is 11.3 Å². The summed E-state index contributed by atoms with van der Waals surface area (Å²) in [6.45, 7) is 4.32. The Labute approximate surface area is 213 Å². The van der Waals surface area contributed by atoms with E-state index in [9.17, 15) is 8.42 Å². The van der Waals surface area contributed by atoms with Crippen LogP contribution in [0.5, 0.6) is 0 Å². The summed E-state index contributed by atoms with van der Waals surface area (Å²) >= 11 is 7.38. The molecule has 11 heteroatoms. The second kappa shape index (κ2) is 10.5. The lowest BCUT2D eigenvalue weighted by Gasteiger charge is -2.34. The molecule has 1 aliphatic rings. The molecule has 0 saturated carbocycles. The van der Waals surface area contributed by atoms with Crippen LogP contribution in [0.2, 0.25) is 5.02 Å². The monoisotopic (exact) mass is 528 g/mol. The Morgan fingerprint density at radius 3 is 2.57 bits per heavy atom. The van der Waals surface area contributed by atoms with Crippen molar-refractivity contribution in [1.29, 1.82) is 0 Å². The molecule has 0 aliphatic carbocycles. The highest BCUT2D eigenvalue weighted by molar-refractivity contribution is 7.89. The number of pyridine rings is 1. The van der Waals surface area contributed by atoms with Crippen LogP contribution in [0.4, 0.5) is 5.13 Å². The zero-order valence-corrected chi connectivity index (χ0v) is 21.4. The van der Waals surface area contributed by atoms with Gasteiger partial charge in [0.25, 0.3) is 0 Å². The lowest BCUT2D eigenvalue weighted by Crippen LogP contribution is -2.48. The zero-order valence-electron chi connectivity index (χ0n) is 19.0. The lowest BCUT2D eigenvalue weighted by atomic mass is 10.1. The summed E-state index contributed by atoms with van der Waals surface area (Å²) in [5.41, 5.74) is 1.62. The molecule has 0 spiro atoms. The van der Waals surface area contributed by atoms with Gasteiger partial charge in [0, 0.05) is 73.8 Å². The molecule has 3 heterocycles. The minimum absolute atomic E-state index is 0.214. The van der Waals surface area contributed by atoms with Crippen molar-refractivity contribution >= 4 is 49.2 Å². The molecule has 4 aromatic rings. The summed E-state index contributed by atoms with van der Waals surface area (Å²) < 4.78 is 33.0. The van der Waals surface area contributed by atoms with Gasteiger partial charge >= 0.3 is 0 Å². The van der Waals surface area contributed by atoms with Crippen LogP contribution in [0.15, 0.2) is 65.7 Å². The SMILES string of the molecule is O=S(=O)(NCCN1CCN(c2nc(Cc3ccc(Cl)cc3)ns2)CC1)c1cccc2cccnc12. The highest BCUT2D eigenvalue weighted by atomic mass is 35.5. The van der Waals surface area contributed by atoms with Crippen molar-refractivity contribution in [3.8, 4) is 0 Å². The smallest absolute Gasteiger partial charge is 0.242 e. The molecule has 2 aromatic heterocycles. The normalized spacial score (nSPS) is 15.1. The summed E-state index contributed by atoms with van der Waals surface area (Å²) in [5, 5.41) is 2.45. The third-order valence-electron chi connectivity index (χ3n) is 5.98. The maximum absolute atomic E-state index is 12.9. The highest BCUT2D eigenvalue weighted by Crippen LogP contribution is 2.22. The van der Waals surface area contributed by atoms with Crippen LogP contribution in [-0.2, 0) is 16.4 Å². The standard InChI is InChI=1S/C24H25ClN6O2S2/c25-20-8-6-18(7-9-20)17-22-28-24(34-29-22)31-15-13-30(14-16-31)12-11-27-35(32,33)21-5-1-3-19-4-2-10-26-23(19)21/h1-10,27H,11-17H2. The van der Waals surface area contributed by atoms with E-state index < -0.39 is 10.0 Å². The number of nitrogens with one attached hydrogen (secondary N) is 1. The number of hydrogen-bond donors (Lipinski definition) is 1. The van der Waals surface area contributed by atoms with E-state index in [1.165, 1.54) is 11.5 Å². The minimum Gasteiger partial charge on any atom is -0.344 e. The Balaban J connectivity index is 1.11. The molecule has 35 heavy (non-hydrogen) atoms. The zero-order chi connectivity index (χ0) is 24.3. The van der Waals surface area contributed by atoms with Gasteiger partial charge in [0.05, 0.1) is 5.52 Å². The molecule has 182 valence electrons. The molecule has 0 unspecified atom stereocenters. The van der Waals surface area contributed by atoms with Gasteiger partial charge in [0.15, 0.2) is 0 Å². The fraction of sp³-hybridized carbons (Fsp3) is 0.292. The second-order valence-electron chi connectivity index (χ2n) is 8.35. The third-order valence-corrected chi connectivity index (χ3v) is 8.54. The van der Waals surface area contributed by atoms with E-state index in [4.69, 9.17) is 16.6 Å². The first-order chi connectivity index (χ1) is 17.0. The van der Waals surface area contributed by atoms with Crippen molar-refractivity contribution in [2.24, 2.45) is 0 Å². The van der Waals surface area contributed by atoms with Gasteiger partial charge in [0.1, 0.15) is 10.7 Å². The van der Waals surface area contributed by atoms with Gasteiger partial charge in [-0.3, -0.25) is 9.88 Å². The molecule has 0 radical (unpaired) electrons.